The van der Waals surface area contributed by atoms with Crippen molar-refractivity contribution in [3.63, 3.8) is 0 Å². The lowest BCUT2D eigenvalue weighted by Crippen LogP contribution is -2.68. The first kappa shape index (κ1) is 85.2. The van der Waals surface area contributed by atoms with Crippen molar-refractivity contribution in [3.05, 3.63) is 0 Å². The van der Waals surface area contributed by atoms with Crippen molar-refractivity contribution in [2.75, 3.05) is 66.1 Å². The standard InChI is InChI=1S/C57H98O46/c1-2-3-86-49-41(84)43(98-56-48(37(80)28(71)18(9-63)94-56)103-57-47(36(79)27(70)19(10-64)95-57)102-53-40(83)33(76)24(67)15(6-60)91-53)29(72)20(96-49)11-87-50-42(85)44(99-55-46(35(78)26(69)17(8-62)93-55)101-52-39(82)32(75)23(66)14(5-59)90-52)30(73)21(97-50)12-88-54-45(34(77)25(68)16(7-61)92-54)100-51-38(81)31(74)22(65)13(4-58)89-51/h13-85H,2-12H2,1H3/t13?,14?,15?,16?,17?,18?,19?,20?,21?,22-,23-,24-,25-,26-,27-,28-,29-,30-,31+,32?,33?,34+,35?,36?,37?,38?,39?,40?,41?,42?,43+,44+,45?,46?,47?,48?,49-,50-,51-,52-,53-,54+,55-,56-,57-/m1/s1. The summed E-state index contributed by atoms with van der Waals surface area (Å²) in [6, 6.07) is 0. The van der Waals surface area contributed by atoms with Gasteiger partial charge >= 0.3 is 0 Å². The zero-order valence-corrected chi connectivity index (χ0v) is 54.6. The van der Waals surface area contributed by atoms with Gasteiger partial charge in [-0.1, -0.05) is 6.92 Å². The lowest BCUT2D eigenvalue weighted by molar-refractivity contribution is -0.405. The molecule has 0 spiro atoms. The van der Waals surface area contributed by atoms with Crippen LogP contribution >= 0.6 is 0 Å². The first-order valence-corrected chi connectivity index (χ1v) is 33.2. The van der Waals surface area contributed by atoms with Crippen LogP contribution in [0.3, 0.4) is 0 Å². The van der Waals surface area contributed by atoms with Crippen molar-refractivity contribution in [1.82, 2.24) is 0 Å². The molecule has 0 aromatic heterocycles. The van der Waals surface area contributed by atoms with Crippen molar-refractivity contribution >= 4 is 0 Å². The predicted molar refractivity (Wildman–Crippen MR) is 311 cm³/mol. The van der Waals surface area contributed by atoms with Gasteiger partial charge in [-0.25, -0.2) is 0 Å². The van der Waals surface area contributed by atoms with Crippen LogP contribution in [-0.2, 0) is 85.3 Å². The summed E-state index contributed by atoms with van der Waals surface area (Å²) in [6.45, 7) is -7.90. The lowest BCUT2D eigenvalue weighted by atomic mass is 9.95. The van der Waals surface area contributed by atoms with Gasteiger partial charge in [0.05, 0.1) is 59.5 Å². The Morgan fingerprint density at radius 1 is 0.194 bits per heavy atom. The Kier molecular flexibility index (Phi) is 31.0. The first-order chi connectivity index (χ1) is 48.9. The van der Waals surface area contributed by atoms with Gasteiger partial charge in [0.1, 0.15) is 220 Å². The third kappa shape index (κ3) is 18.2. The quantitative estimate of drug-likeness (QED) is 0.0346. The fourth-order valence-corrected chi connectivity index (χ4v) is 13.0. The van der Waals surface area contributed by atoms with E-state index in [1.807, 2.05) is 0 Å². The Labute approximate surface area is 582 Å². The van der Waals surface area contributed by atoms with Crippen molar-refractivity contribution in [2.45, 2.75) is 290 Å². The van der Waals surface area contributed by atoms with E-state index in [1.165, 1.54) is 0 Å². The molecule has 9 fully saturated rings. The Balaban J connectivity index is 1.01. The van der Waals surface area contributed by atoms with E-state index in [4.69, 9.17) is 85.3 Å². The summed E-state index contributed by atoms with van der Waals surface area (Å²) >= 11 is 0. The maximum atomic E-state index is 12.3. The van der Waals surface area contributed by atoms with Gasteiger partial charge in [-0.15, -0.1) is 0 Å². The van der Waals surface area contributed by atoms with E-state index >= 15 is 0 Å². The van der Waals surface area contributed by atoms with E-state index in [9.17, 15) is 143 Å². The molecule has 9 saturated heterocycles. The van der Waals surface area contributed by atoms with Crippen molar-refractivity contribution in [2.24, 2.45) is 0 Å². The average molecular weight is 1520 g/mol. The van der Waals surface area contributed by atoms with Gasteiger partial charge in [-0.2, -0.15) is 0 Å². The fourth-order valence-electron chi connectivity index (χ4n) is 13.0. The minimum Gasteiger partial charge on any atom is -0.394 e. The smallest absolute Gasteiger partial charge is 0.187 e. The molecule has 0 radical (unpaired) electrons. The second-order valence-electron chi connectivity index (χ2n) is 26.1. The molecule has 28 N–H and O–H groups in total. The van der Waals surface area contributed by atoms with E-state index in [0.717, 1.165) is 0 Å². The zero-order chi connectivity index (χ0) is 75.5. The molecule has 103 heavy (non-hydrogen) atoms. The third-order valence-corrected chi connectivity index (χ3v) is 19.2. The van der Waals surface area contributed by atoms with Crippen LogP contribution in [0.25, 0.3) is 0 Å². The Morgan fingerprint density at radius 2 is 0.408 bits per heavy atom. The number of ether oxygens (including phenoxy) is 18. The molecule has 23 unspecified atom stereocenters. The monoisotopic (exact) mass is 1520 g/mol. The summed E-state index contributed by atoms with van der Waals surface area (Å²) in [7, 11) is 0. The summed E-state index contributed by atoms with van der Waals surface area (Å²) < 4.78 is 105. The van der Waals surface area contributed by atoms with Crippen LogP contribution in [0.4, 0.5) is 0 Å². The molecular formula is C57H98O46. The largest absolute Gasteiger partial charge is 0.394 e. The molecule has 602 valence electrons. The summed E-state index contributed by atoms with van der Waals surface area (Å²) in [5, 5.41) is 305. The van der Waals surface area contributed by atoms with Crippen LogP contribution in [0, 0.1) is 0 Å². The number of aliphatic hydroxyl groups is 28. The van der Waals surface area contributed by atoms with Crippen LogP contribution in [0.5, 0.6) is 0 Å². The highest BCUT2D eigenvalue weighted by Gasteiger charge is 2.60. The van der Waals surface area contributed by atoms with E-state index in [0.29, 0.717) is 0 Å². The number of hydrogen-bond acceptors (Lipinski definition) is 46. The Hall–Kier alpha value is -1.84. The predicted octanol–water partition coefficient (Wildman–Crippen LogP) is -19.2. The summed E-state index contributed by atoms with van der Waals surface area (Å²) in [4.78, 5) is 0. The molecule has 0 saturated carbocycles. The number of hydrogen-bond donors (Lipinski definition) is 28. The van der Waals surface area contributed by atoms with Gasteiger partial charge in [0.15, 0.2) is 56.6 Å². The molecule has 0 aromatic carbocycles. The van der Waals surface area contributed by atoms with Crippen LogP contribution < -0.4 is 0 Å². The van der Waals surface area contributed by atoms with Gasteiger partial charge in [0, 0.05) is 6.61 Å². The highest BCUT2D eigenvalue weighted by atomic mass is 16.8. The van der Waals surface area contributed by atoms with Gasteiger partial charge in [-0.3, -0.25) is 0 Å². The second-order valence-corrected chi connectivity index (χ2v) is 26.1. The van der Waals surface area contributed by atoms with E-state index in [2.05, 4.69) is 0 Å². The van der Waals surface area contributed by atoms with Gasteiger partial charge < -0.3 is 228 Å². The second kappa shape index (κ2) is 37.5. The van der Waals surface area contributed by atoms with E-state index in [1.54, 1.807) is 6.92 Å². The summed E-state index contributed by atoms with van der Waals surface area (Å²) in [6.07, 6.45) is -92.6. The number of aliphatic hydroxyl groups excluding tert-OH is 28. The average Bonchev–Trinajstić information content (AvgIpc) is 0.775. The molecule has 0 bridgehead atoms. The van der Waals surface area contributed by atoms with Gasteiger partial charge in [0.25, 0.3) is 0 Å². The van der Waals surface area contributed by atoms with Crippen molar-refractivity contribution < 1.29 is 228 Å². The summed E-state index contributed by atoms with van der Waals surface area (Å²) in [5.41, 5.74) is 0. The molecule has 9 rings (SSSR count). The van der Waals surface area contributed by atoms with Crippen LogP contribution in [0.1, 0.15) is 13.3 Å². The number of rotatable bonds is 28. The molecule has 0 aromatic rings. The van der Waals surface area contributed by atoms with Crippen molar-refractivity contribution in [3.8, 4) is 0 Å². The molecule has 46 heteroatoms. The molecule has 9 heterocycles. The van der Waals surface area contributed by atoms with Crippen LogP contribution in [0.15, 0.2) is 0 Å². The molecular weight excluding hydrogens is 1420 g/mol. The highest BCUT2D eigenvalue weighted by molar-refractivity contribution is 5.02. The highest BCUT2D eigenvalue weighted by Crippen LogP contribution is 2.39. The van der Waals surface area contributed by atoms with E-state index in [-0.39, 0.29) is 13.0 Å². The lowest BCUT2D eigenvalue weighted by Gasteiger charge is -2.50. The van der Waals surface area contributed by atoms with Crippen LogP contribution in [0.2, 0.25) is 0 Å². The molecule has 0 aliphatic carbocycles. The first-order valence-electron chi connectivity index (χ1n) is 33.2. The topological polar surface area (TPSA) is 733 Å². The maximum absolute atomic E-state index is 12.3. The normalized spacial score (nSPS) is 52.5. The van der Waals surface area contributed by atoms with Crippen molar-refractivity contribution in [1.29, 1.82) is 0 Å². The molecule has 45 atom stereocenters. The third-order valence-electron chi connectivity index (χ3n) is 19.2. The fraction of sp³-hybridized carbons (Fsp3) is 1.00. The minimum absolute atomic E-state index is 0.208. The van der Waals surface area contributed by atoms with Gasteiger partial charge in [0.2, 0.25) is 0 Å². The molecule has 9 aliphatic heterocycles. The Bertz CT molecular complexity index is 2510. The summed E-state index contributed by atoms with van der Waals surface area (Å²) in [5.74, 6) is 0. The van der Waals surface area contributed by atoms with Gasteiger partial charge in [-0.05, 0) is 6.42 Å². The molecule has 9 aliphatic rings. The molecule has 46 nitrogen and oxygen atoms in total. The van der Waals surface area contributed by atoms with E-state index < -0.39 is 336 Å². The van der Waals surface area contributed by atoms with Crippen LogP contribution in [-0.4, -0.2) is 485 Å². The minimum atomic E-state index is -2.41. The zero-order valence-electron chi connectivity index (χ0n) is 54.6. The SMILES string of the molecule is CCCO[C@@H]1OC(CO[C@@H]2OC(CO[C@H]3OC(CO)[C@@H](O)[C@H](O)C3O[C@H]3OC(CO)[C@@H](O)[C@H](O)C3O)[C@@H](O)[C@H](O[C@H]3OC(CO)[C@@H](O)C(O)C3O[C@H]3OC(CO)[C@@H](O)C(O)C3O)C2O)[C@@H](O)[C@H](O[C@H]2OC(CO)[C@@H](O)C(O)C2O[C@H]2OC(CO)[C@@H](O)C(O)C2O[C@H]2OC(CO)[C@@H](O)C(O)C2O)C1O. The Morgan fingerprint density at radius 3 is 0.689 bits per heavy atom. The maximum Gasteiger partial charge on any atom is 0.187 e. The molecule has 0 amide bonds.